The first-order valence-electron chi connectivity index (χ1n) is 4.79. The molecule has 5 nitrogen and oxygen atoms in total. The van der Waals surface area contributed by atoms with Crippen LogP contribution in [0.2, 0.25) is 0 Å². The van der Waals surface area contributed by atoms with Crippen LogP contribution >= 0.6 is 0 Å². The summed E-state index contributed by atoms with van der Waals surface area (Å²) in [6.07, 6.45) is 2.17. The summed E-state index contributed by atoms with van der Waals surface area (Å²) in [5.41, 5.74) is 0. The normalized spacial score (nSPS) is 11.9. The monoisotopic (exact) mass is 224 g/mol. The summed E-state index contributed by atoms with van der Waals surface area (Å²) in [5.74, 6) is 0. The van der Waals surface area contributed by atoms with E-state index in [1.54, 1.807) is 0 Å². The van der Waals surface area contributed by atoms with Crippen molar-refractivity contribution in [3.63, 3.8) is 0 Å². The molecule has 14 heavy (non-hydrogen) atoms. The molecule has 0 rings (SSSR count). The fourth-order valence-electron chi connectivity index (χ4n) is 0.841. The summed E-state index contributed by atoms with van der Waals surface area (Å²) in [4.78, 5) is 0. The summed E-state index contributed by atoms with van der Waals surface area (Å²) in [7, 11) is -3.05. The van der Waals surface area contributed by atoms with E-state index in [-0.39, 0.29) is 0 Å². The van der Waals surface area contributed by atoms with E-state index < -0.39 is 10.0 Å². The van der Waals surface area contributed by atoms with Crippen LogP contribution in [0.25, 0.3) is 0 Å². The molecule has 0 aromatic rings. The van der Waals surface area contributed by atoms with Gasteiger partial charge in [-0.05, 0) is 6.42 Å². The summed E-state index contributed by atoms with van der Waals surface area (Å²) in [6, 6.07) is 0. The van der Waals surface area contributed by atoms with E-state index in [2.05, 4.69) is 17.0 Å². The smallest absolute Gasteiger partial charge is 0.208 e. The third-order valence-electron chi connectivity index (χ3n) is 1.44. The van der Waals surface area contributed by atoms with Crippen molar-refractivity contribution >= 4 is 10.0 Å². The second-order valence-electron chi connectivity index (χ2n) is 3.03. The Bertz CT molecular complexity index is 217. The molecule has 0 aromatic heterocycles. The topological polar surface area (TPSA) is 67.4 Å². The summed E-state index contributed by atoms with van der Waals surface area (Å²) < 4.78 is 28.9. The maximum atomic E-state index is 10.6. The van der Waals surface area contributed by atoms with Crippen LogP contribution < -0.4 is 10.0 Å². The summed E-state index contributed by atoms with van der Waals surface area (Å²) >= 11 is 0. The van der Waals surface area contributed by atoms with Crippen LogP contribution in [0, 0.1) is 0 Å². The Morgan fingerprint density at radius 3 is 2.43 bits per heavy atom. The molecule has 0 amide bonds. The molecular formula is C8H20N2O3S. The number of sulfonamides is 1. The number of ether oxygens (including phenoxy) is 1. The van der Waals surface area contributed by atoms with Gasteiger partial charge in [0.05, 0.1) is 12.9 Å². The second kappa shape index (κ2) is 8.16. The SMILES string of the molecule is CCCOCCNCCNS(C)(=O)=O. The van der Waals surface area contributed by atoms with E-state index in [9.17, 15) is 8.42 Å². The van der Waals surface area contributed by atoms with Gasteiger partial charge < -0.3 is 10.1 Å². The first-order valence-corrected chi connectivity index (χ1v) is 6.68. The maximum Gasteiger partial charge on any atom is 0.208 e. The Kier molecular flexibility index (Phi) is 8.07. The minimum absolute atomic E-state index is 0.423. The van der Waals surface area contributed by atoms with E-state index in [4.69, 9.17) is 4.74 Å². The predicted molar refractivity (Wildman–Crippen MR) is 56.8 cm³/mol. The first kappa shape index (κ1) is 13.8. The standard InChI is InChI=1S/C8H20N2O3S/c1-3-7-13-8-6-9-4-5-10-14(2,11)12/h9-10H,3-8H2,1-2H3. The zero-order valence-electron chi connectivity index (χ0n) is 8.88. The van der Waals surface area contributed by atoms with Gasteiger partial charge in [-0.15, -0.1) is 0 Å². The molecule has 0 heterocycles. The van der Waals surface area contributed by atoms with E-state index in [1.807, 2.05) is 0 Å². The molecule has 0 aromatic carbocycles. The zero-order chi connectivity index (χ0) is 10.9. The van der Waals surface area contributed by atoms with Crippen LogP contribution in [0.4, 0.5) is 0 Å². The molecule has 86 valence electrons. The Hall–Kier alpha value is -0.170. The third kappa shape index (κ3) is 11.8. The molecule has 2 N–H and O–H groups in total. The molecule has 0 saturated carbocycles. The van der Waals surface area contributed by atoms with Gasteiger partial charge in [0.25, 0.3) is 0 Å². The van der Waals surface area contributed by atoms with Crippen molar-refractivity contribution in [2.75, 3.05) is 39.1 Å². The fraction of sp³-hybridized carbons (Fsp3) is 1.00. The highest BCUT2D eigenvalue weighted by molar-refractivity contribution is 7.88. The number of nitrogens with one attached hydrogen (secondary N) is 2. The van der Waals surface area contributed by atoms with E-state index in [0.29, 0.717) is 19.7 Å². The lowest BCUT2D eigenvalue weighted by molar-refractivity contribution is 0.137. The van der Waals surface area contributed by atoms with E-state index in [0.717, 1.165) is 25.8 Å². The Labute approximate surface area is 86.3 Å². The average molecular weight is 224 g/mol. The highest BCUT2D eigenvalue weighted by atomic mass is 32.2. The van der Waals surface area contributed by atoms with Gasteiger partial charge in [-0.2, -0.15) is 0 Å². The molecule has 0 fully saturated rings. The van der Waals surface area contributed by atoms with Gasteiger partial charge in [0.2, 0.25) is 10.0 Å². The van der Waals surface area contributed by atoms with Gasteiger partial charge in [0.1, 0.15) is 0 Å². The molecule has 0 aliphatic heterocycles. The number of rotatable bonds is 9. The predicted octanol–water partition coefficient (Wildman–Crippen LogP) is -0.448. The largest absolute Gasteiger partial charge is 0.380 e. The first-order chi connectivity index (χ1) is 6.56. The van der Waals surface area contributed by atoms with Crippen molar-refractivity contribution in [3.05, 3.63) is 0 Å². The number of hydrogen-bond donors (Lipinski definition) is 2. The molecule has 0 aliphatic carbocycles. The lowest BCUT2D eigenvalue weighted by Gasteiger charge is -2.05. The molecule has 0 unspecified atom stereocenters. The molecule has 6 heteroatoms. The van der Waals surface area contributed by atoms with Gasteiger partial charge in [-0.3, -0.25) is 0 Å². The quantitative estimate of drug-likeness (QED) is 0.521. The zero-order valence-corrected chi connectivity index (χ0v) is 9.69. The van der Waals surface area contributed by atoms with Crippen molar-refractivity contribution in [1.29, 1.82) is 0 Å². The third-order valence-corrected chi connectivity index (χ3v) is 2.17. The molecule has 0 radical (unpaired) electrons. The van der Waals surface area contributed by atoms with Gasteiger partial charge in [-0.25, -0.2) is 13.1 Å². The molecule has 0 spiro atoms. The summed E-state index contributed by atoms with van der Waals surface area (Å²) in [6.45, 7) is 5.32. The van der Waals surface area contributed by atoms with Gasteiger partial charge in [-0.1, -0.05) is 6.92 Å². The molecule has 0 bridgehead atoms. The van der Waals surface area contributed by atoms with Crippen LogP contribution in [0.1, 0.15) is 13.3 Å². The Balaban J connectivity index is 3.07. The van der Waals surface area contributed by atoms with Crippen molar-refractivity contribution in [2.45, 2.75) is 13.3 Å². The van der Waals surface area contributed by atoms with E-state index in [1.165, 1.54) is 0 Å². The molecule has 0 aliphatic rings. The highest BCUT2D eigenvalue weighted by Gasteiger charge is 1.97. The Morgan fingerprint density at radius 2 is 1.86 bits per heavy atom. The minimum atomic E-state index is -3.05. The number of hydrogen-bond acceptors (Lipinski definition) is 4. The van der Waals surface area contributed by atoms with Gasteiger partial charge in [0.15, 0.2) is 0 Å². The summed E-state index contributed by atoms with van der Waals surface area (Å²) in [5, 5.41) is 3.06. The lowest BCUT2D eigenvalue weighted by atomic mass is 10.5. The van der Waals surface area contributed by atoms with Crippen LogP contribution in [0.5, 0.6) is 0 Å². The fourth-order valence-corrected chi connectivity index (χ4v) is 1.31. The van der Waals surface area contributed by atoms with Gasteiger partial charge in [0, 0.05) is 26.2 Å². The highest BCUT2D eigenvalue weighted by Crippen LogP contribution is 1.78. The lowest BCUT2D eigenvalue weighted by Crippen LogP contribution is -2.32. The van der Waals surface area contributed by atoms with Crippen molar-refractivity contribution in [2.24, 2.45) is 0 Å². The van der Waals surface area contributed by atoms with E-state index >= 15 is 0 Å². The van der Waals surface area contributed by atoms with Crippen LogP contribution in [-0.4, -0.2) is 47.5 Å². The molecular weight excluding hydrogens is 204 g/mol. The van der Waals surface area contributed by atoms with Crippen LogP contribution in [0.15, 0.2) is 0 Å². The van der Waals surface area contributed by atoms with Gasteiger partial charge >= 0.3 is 0 Å². The van der Waals surface area contributed by atoms with Crippen molar-refractivity contribution in [3.8, 4) is 0 Å². The van der Waals surface area contributed by atoms with Crippen molar-refractivity contribution < 1.29 is 13.2 Å². The molecule has 0 saturated heterocycles. The minimum Gasteiger partial charge on any atom is -0.380 e. The average Bonchev–Trinajstić information content (AvgIpc) is 2.08. The maximum absolute atomic E-state index is 10.6. The van der Waals surface area contributed by atoms with Crippen LogP contribution in [0.3, 0.4) is 0 Å². The molecule has 0 atom stereocenters. The van der Waals surface area contributed by atoms with Crippen LogP contribution in [-0.2, 0) is 14.8 Å². The Morgan fingerprint density at radius 1 is 1.14 bits per heavy atom. The second-order valence-corrected chi connectivity index (χ2v) is 4.86. The van der Waals surface area contributed by atoms with Crippen molar-refractivity contribution in [1.82, 2.24) is 10.0 Å².